The van der Waals surface area contributed by atoms with Gasteiger partial charge in [-0.25, -0.2) is 4.57 Å². The molecule has 2 fully saturated rings. The third kappa shape index (κ3) is 5.93. The molecule has 0 saturated carbocycles. The number of aliphatic carboxylic acids is 2. The summed E-state index contributed by atoms with van der Waals surface area (Å²) in [7, 11) is 0. The van der Waals surface area contributed by atoms with Crippen LogP contribution in [-0.4, -0.2) is 51.3 Å². The quantitative estimate of drug-likeness (QED) is 0.313. The fraction of sp³-hybridized carbons (Fsp3) is 0.533. The van der Waals surface area contributed by atoms with Crippen molar-refractivity contribution in [3.05, 3.63) is 12.7 Å². The van der Waals surface area contributed by atoms with Crippen LogP contribution in [0, 0.1) is 0 Å². The van der Waals surface area contributed by atoms with Crippen molar-refractivity contribution in [3.63, 3.8) is 0 Å². The topological polar surface area (TPSA) is 168 Å². The number of carbonyl (C=O) groups is 2. The summed E-state index contributed by atoms with van der Waals surface area (Å²) in [4.78, 5) is 29.1. The first kappa shape index (κ1) is 24.1. The van der Waals surface area contributed by atoms with Crippen LogP contribution in [0.1, 0.15) is 25.3 Å². The second-order valence-corrected chi connectivity index (χ2v) is 6.71. The molecular formula is C15H16F6N6O4. The van der Waals surface area contributed by atoms with Gasteiger partial charge in [-0.15, -0.1) is 0 Å². The van der Waals surface area contributed by atoms with Gasteiger partial charge in [0.1, 0.15) is 24.0 Å². The van der Waals surface area contributed by atoms with Crippen molar-refractivity contribution >= 4 is 28.9 Å². The van der Waals surface area contributed by atoms with E-state index in [4.69, 9.17) is 25.5 Å². The minimum Gasteiger partial charge on any atom is -0.542 e. The molecule has 3 atom stereocenters. The second kappa shape index (κ2) is 8.91. The van der Waals surface area contributed by atoms with Gasteiger partial charge in [0.25, 0.3) is 0 Å². The van der Waals surface area contributed by atoms with Crippen molar-refractivity contribution in [3.8, 4) is 0 Å². The zero-order valence-corrected chi connectivity index (χ0v) is 15.4. The minimum atomic E-state index is -5.19. The van der Waals surface area contributed by atoms with Crippen LogP contribution in [0.2, 0.25) is 0 Å². The number of nitrogens with one attached hydrogen (secondary N) is 1. The normalized spacial score (nSPS) is 22.3. The lowest BCUT2D eigenvalue weighted by atomic mass is 9.95. The lowest BCUT2D eigenvalue weighted by molar-refractivity contribution is -0.751. The van der Waals surface area contributed by atoms with Crippen molar-refractivity contribution in [1.82, 2.24) is 15.0 Å². The number of carbonyl (C=O) groups excluding carboxylic acids is 2. The zero-order chi connectivity index (χ0) is 23.6. The smallest absolute Gasteiger partial charge is 0.430 e. The summed E-state index contributed by atoms with van der Waals surface area (Å²) in [6.07, 6.45) is -2.93. The van der Waals surface area contributed by atoms with Crippen LogP contribution in [0.15, 0.2) is 12.7 Å². The molecule has 172 valence electrons. The Hall–Kier alpha value is -3.17. The van der Waals surface area contributed by atoms with Crippen molar-refractivity contribution in [2.24, 2.45) is 0 Å². The molecule has 2 saturated heterocycles. The maximum atomic E-state index is 10.5. The van der Waals surface area contributed by atoms with Crippen molar-refractivity contribution in [2.45, 2.75) is 49.7 Å². The van der Waals surface area contributed by atoms with E-state index in [1.807, 2.05) is 6.33 Å². The Bertz CT molecular complexity index is 922. The highest BCUT2D eigenvalue weighted by molar-refractivity contribution is 5.78. The predicted octanol–water partition coefficient (Wildman–Crippen LogP) is -2.54. The van der Waals surface area contributed by atoms with E-state index in [9.17, 15) is 26.3 Å². The Morgan fingerprint density at radius 1 is 1.10 bits per heavy atom. The number of fused-ring (bicyclic) bond motifs is 3. The molecule has 0 radical (unpaired) electrons. The third-order valence-electron chi connectivity index (χ3n) is 4.70. The minimum absolute atomic E-state index is 0.529. The zero-order valence-electron chi connectivity index (χ0n) is 15.4. The van der Waals surface area contributed by atoms with E-state index in [0.29, 0.717) is 17.9 Å². The summed E-state index contributed by atoms with van der Waals surface area (Å²) >= 11 is 0. The van der Waals surface area contributed by atoms with E-state index >= 15 is 0 Å². The molecule has 10 nitrogen and oxygen atoms in total. The lowest BCUT2D eigenvalue weighted by Crippen LogP contribution is -2.88. The summed E-state index contributed by atoms with van der Waals surface area (Å²) < 4.78 is 65.3. The molecule has 1 unspecified atom stereocenters. The number of alkyl halides is 6. The molecule has 2 aromatic heterocycles. The van der Waals surface area contributed by atoms with E-state index in [1.54, 1.807) is 6.33 Å². The number of hydrogen-bond donors (Lipinski definition) is 3. The number of quaternary nitrogens is 1. The Kier molecular flexibility index (Phi) is 6.93. The molecule has 0 spiro atoms. The number of aromatic amines is 1. The van der Waals surface area contributed by atoms with Gasteiger partial charge in [-0.05, 0) is 0 Å². The van der Waals surface area contributed by atoms with Gasteiger partial charge in [0.15, 0.2) is 18.5 Å². The number of nitrogens with zero attached hydrogens (tertiary/aromatic N) is 3. The highest BCUT2D eigenvalue weighted by Crippen LogP contribution is 2.28. The highest BCUT2D eigenvalue weighted by Gasteiger charge is 2.47. The Labute approximate surface area is 169 Å². The number of imidazole rings is 1. The molecule has 2 aliphatic heterocycles. The number of carboxylic acid groups (broad SMARTS) is 2. The molecular weight excluding hydrogens is 442 g/mol. The first-order valence-corrected chi connectivity index (χ1v) is 8.61. The van der Waals surface area contributed by atoms with E-state index < -0.39 is 24.3 Å². The van der Waals surface area contributed by atoms with E-state index in [0.717, 1.165) is 17.2 Å². The summed E-state index contributed by atoms with van der Waals surface area (Å²) in [5, 5.41) is 20.1. The van der Waals surface area contributed by atoms with Gasteiger partial charge >= 0.3 is 18.0 Å². The predicted molar refractivity (Wildman–Crippen MR) is 83.0 cm³/mol. The maximum Gasteiger partial charge on any atom is 0.430 e. The number of anilines is 1. The maximum absolute atomic E-state index is 10.5. The summed E-state index contributed by atoms with van der Waals surface area (Å²) in [5.41, 5.74) is 7.63. The molecule has 0 aliphatic carbocycles. The number of nitrogen functional groups attached to an aromatic ring is 1. The number of aromatic nitrogens is 4. The largest absolute Gasteiger partial charge is 0.542 e. The molecule has 2 bridgehead atoms. The van der Waals surface area contributed by atoms with Crippen LogP contribution >= 0.6 is 0 Å². The number of rotatable bonds is 1. The van der Waals surface area contributed by atoms with Crippen LogP contribution in [0.5, 0.6) is 0 Å². The van der Waals surface area contributed by atoms with Crippen molar-refractivity contribution < 1.29 is 56.0 Å². The number of carboxylic acids is 2. The highest BCUT2D eigenvalue weighted by atomic mass is 19.4. The Balaban J connectivity index is 0.000000206. The average molecular weight is 458 g/mol. The van der Waals surface area contributed by atoms with Crippen LogP contribution in [0.3, 0.4) is 0 Å². The summed E-state index contributed by atoms with van der Waals surface area (Å²) in [5.74, 6) is -5.49. The molecule has 31 heavy (non-hydrogen) atoms. The number of hydrogen-bond acceptors (Lipinski definition) is 7. The summed E-state index contributed by atoms with van der Waals surface area (Å²) in [6, 6.07) is 2.07. The fourth-order valence-electron chi connectivity index (χ4n) is 3.44. The van der Waals surface area contributed by atoms with E-state index in [2.05, 4.69) is 24.8 Å². The molecule has 2 aromatic rings. The van der Waals surface area contributed by atoms with Gasteiger partial charge in [-0.2, -0.15) is 31.3 Å². The molecule has 4 rings (SSSR count). The average Bonchev–Trinajstić information content (AvgIpc) is 3.36. The van der Waals surface area contributed by atoms with Crippen molar-refractivity contribution in [1.29, 1.82) is 0 Å². The van der Waals surface area contributed by atoms with Crippen LogP contribution in [-0.2, 0) is 9.59 Å². The molecule has 0 aromatic carbocycles. The van der Waals surface area contributed by atoms with Gasteiger partial charge in [0.05, 0.1) is 6.04 Å². The first-order valence-electron chi connectivity index (χ1n) is 8.61. The molecule has 0 amide bonds. The van der Waals surface area contributed by atoms with Gasteiger partial charge in [0, 0.05) is 19.3 Å². The Morgan fingerprint density at radius 3 is 2.06 bits per heavy atom. The lowest BCUT2D eigenvalue weighted by Gasteiger charge is -2.13. The Morgan fingerprint density at radius 2 is 1.65 bits per heavy atom. The van der Waals surface area contributed by atoms with E-state index in [1.165, 1.54) is 19.3 Å². The SMILES string of the molecule is Nc1ncnc2c1[nH]c[n+]2C1C[C@@H]2CC[C@H]1[NH2+]2.O=C([O-])C(F)(F)F.O=C([O-])C(F)(F)F. The number of H-pyrrole nitrogens is 1. The monoisotopic (exact) mass is 458 g/mol. The molecule has 2 aliphatic rings. The molecule has 5 N–H and O–H groups in total. The third-order valence-corrected chi connectivity index (χ3v) is 4.70. The van der Waals surface area contributed by atoms with Gasteiger partial charge in [-0.1, -0.05) is 4.98 Å². The molecule has 4 heterocycles. The van der Waals surface area contributed by atoms with Gasteiger partial charge in [-0.3, -0.25) is 4.98 Å². The second-order valence-electron chi connectivity index (χ2n) is 6.71. The van der Waals surface area contributed by atoms with Gasteiger partial charge in [0.2, 0.25) is 5.52 Å². The van der Waals surface area contributed by atoms with Crippen LogP contribution in [0.25, 0.3) is 11.2 Å². The molecule has 16 heteroatoms. The number of halogens is 6. The fourth-order valence-corrected chi connectivity index (χ4v) is 3.44. The first-order chi connectivity index (χ1) is 14.2. The van der Waals surface area contributed by atoms with Crippen LogP contribution < -0.4 is 25.8 Å². The van der Waals surface area contributed by atoms with E-state index in [-0.39, 0.29) is 0 Å². The van der Waals surface area contributed by atoms with Crippen LogP contribution in [0.4, 0.5) is 32.2 Å². The van der Waals surface area contributed by atoms with Crippen molar-refractivity contribution in [2.75, 3.05) is 5.73 Å². The standard InChI is InChI=1S/C11H14N6.2C2HF3O2/c12-10-9-11(14-4-13-10)17(5-15-9)8-3-6-1-2-7(8)16-6;2*3-2(4,5)1(6)7/h4-8,16H,1-3H2,(H2,12,13,14);2*(H,6,7)/t6-,7+,8?;;/m0../s1. The summed E-state index contributed by atoms with van der Waals surface area (Å²) in [6.45, 7) is 0. The van der Waals surface area contributed by atoms with Gasteiger partial charge < -0.3 is 30.9 Å². The number of nitrogens with two attached hydrogens (primary N) is 2.